The second-order valence-corrected chi connectivity index (χ2v) is 8.08. The Morgan fingerprint density at radius 1 is 1.29 bits per heavy atom. The maximum absolute atomic E-state index is 11.7. The summed E-state index contributed by atoms with van der Waals surface area (Å²) in [6.07, 6.45) is -2.82. The van der Waals surface area contributed by atoms with Gasteiger partial charge >= 0.3 is 13.6 Å². The van der Waals surface area contributed by atoms with Gasteiger partial charge in [0.15, 0.2) is 17.7 Å². The molecule has 0 aliphatic carbocycles. The quantitative estimate of drug-likeness (QED) is 0.259. The zero-order valence-electron chi connectivity index (χ0n) is 14.5. The molecule has 28 heavy (non-hydrogen) atoms. The van der Waals surface area contributed by atoms with E-state index in [9.17, 15) is 19.6 Å². The number of imidazole rings is 1. The van der Waals surface area contributed by atoms with Gasteiger partial charge in [0.05, 0.1) is 12.5 Å². The van der Waals surface area contributed by atoms with Crippen molar-refractivity contribution in [3.05, 3.63) is 12.7 Å². The minimum Gasteiger partial charge on any atom is -0.463 e. The third kappa shape index (κ3) is 4.46. The molecule has 0 aromatic carbocycles. The summed E-state index contributed by atoms with van der Waals surface area (Å²) in [5.74, 6) is -0.548. The predicted molar refractivity (Wildman–Crippen MR) is 92.8 cm³/mol. The van der Waals surface area contributed by atoms with Crippen molar-refractivity contribution in [3.63, 3.8) is 0 Å². The van der Waals surface area contributed by atoms with Crippen LogP contribution in [-0.4, -0.2) is 76.6 Å². The van der Waals surface area contributed by atoms with Gasteiger partial charge in [0.1, 0.15) is 36.8 Å². The summed E-state index contributed by atoms with van der Waals surface area (Å²) in [5.41, 5.74) is 6.34. The van der Waals surface area contributed by atoms with Crippen molar-refractivity contribution in [2.24, 2.45) is 0 Å². The summed E-state index contributed by atoms with van der Waals surface area (Å²) in [4.78, 5) is 41.1. The summed E-state index contributed by atoms with van der Waals surface area (Å²) >= 11 is 0. The highest BCUT2D eigenvalue weighted by atomic mass is 31.2. The lowest BCUT2D eigenvalue weighted by atomic mass is 10.1. The van der Waals surface area contributed by atoms with E-state index in [0.717, 1.165) is 0 Å². The summed E-state index contributed by atoms with van der Waals surface area (Å²) in [7, 11) is -4.17. The van der Waals surface area contributed by atoms with Crippen molar-refractivity contribution < 1.29 is 38.8 Å². The molecule has 2 aromatic rings. The first kappa shape index (κ1) is 20.6. The van der Waals surface area contributed by atoms with E-state index in [1.54, 1.807) is 0 Å². The Morgan fingerprint density at radius 2 is 2.04 bits per heavy atom. The van der Waals surface area contributed by atoms with Crippen molar-refractivity contribution >= 4 is 30.5 Å². The van der Waals surface area contributed by atoms with E-state index in [1.165, 1.54) is 17.2 Å². The number of anilines is 1. The van der Waals surface area contributed by atoms with Crippen LogP contribution in [-0.2, 0) is 18.8 Å². The van der Waals surface area contributed by atoms with Crippen molar-refractivity contribution in [1.82, 2.24) is 19.5 Å². The van der Waals surface area contributed by atoms with Crippen molar-refractivity contribution in [2.75, 3.05) is 18.5 Å². The summed E-state index contributed by atoms with van der Waals surface area (Å²) < 4.78 is 22.7. The minimum atomic E-state index is -4.17. The van der Waals surface area contributed by atoms with Gasteiger partial charge in [-0.1, -0.05) is 0 Å². The highest BCUT2D eigenvalue weighted by Gasteiger charge is 2.44. The van der Waals surface area contributed by atoms with Crippen LogP contribution in [0.3, 0.4) is 0 Å². The largest absolute Gasteiger partial charge is 0.463 e. The number of aromatic nitrogens is 4. The number of rotatable bonds is 7. The van der Waals surface area contributed by atoms with Crippen molar-refractivity contribution in [1.29, 1.82) is 0 Å². The number of carbonyl (C=O) groups is 1. The van der Waals surface area contributed by atoms with Crippen LogP contribution >= 0.6 is 7.60 Å². The molecule has 3 rings (SSSR count). The average molecular weight is 417 g/mol. The number of nitrogens with two attached hydrogens (primary N) is 1. The molecule has 3 heterocycles. The van der Waals surface area contributed by atoms with Gasteiger partial charge in [-0.25, -0.2) is 15.0 Å². The van der Waals surface area contributed by atoms with Gasteiger partial charge in [0.2, 0.25) is 0 Å². The first-order valence-corrected chi connectivity index (χ1v) is 10.1. The van der Waals surface area contributed by atoms with Crippen LogP contribution in [0.2, 0.25) is 0 Å². The molecule has 0 radical (unpaired) electrons. The number of hydrogen-bond donors (Lipinski definition) is 5. The lowest BCUT2D eigenvalue weighted by Crippen LogP contribution is -2.34. The zero-order valence-corrected chi connectivity index (χ0v) is 15.4. The molecule has 1 aliphatic rings. The summed E-state index contributed by atoms with van der Waals surface area (Å²) in [6, 6.07) is 0. The van der Waals surface area contributed by atoms with Crippen molar-refractivity contribution in [3.8, 4) is 0 Å². The second kappa shape index (κ2) is 8.07. The molecule has 1 fully saturated rings. The minimum absolute atomic E-state index is 0.0371. The first-order chi connectivity index (χ1) is 13.2. The Hall–Kier alpha value is -2.15. The third-order valence-electron chi connectivity index (χ3n) is 4.24. The van der Waals surface area contributed by atoms with E-state index in [1.807, 2.05) is 0 Å². The average Bonchev–Trinajstić information content (AvgIpc) is 3.15. The fourth-order valence-electron chi connectivity index (χ4n) is 2.83. The number of aliphatic hydroxyl groups is 2. The van der Waals surface area contributed by atoms with Crippen LogP contribution in [0.15, 0.2) is 12.7 Å². The topological polar surface area (TPSA) is 203 Å². The number of carbonyl (C=O) groups excluding carboxylic acids is 1. The molecule has 2 aromatic heterocycles. The fourth-order valence-corrected chi connectivity index (χ4v) is 3.40. The van der Waals surface area contributed by atoms with Gasteiger partial charge in [-0.15, -0.1) is 0 Å². The molecular formula is C14H20N5O8P. The first-order valence-electron chi connectivity index (χ1n) is 8.32. The van der Waals surface area contributed by atoms with Crippen LogP contribution in [0, 0.1) is 0 Å². The maximum atomic E-state index is 11.7. The lowest BCUT2D eigenvalue weighted by molar-refractivity contribution is -0.150. The van der Waals surface area contributed by atoms with Crippen LogP contribution in [0.25, 0.3) is 11.2 Å². The Morgan fingerprint density at radius 3 is 2.75 bits per heavy atom. The Labute approximate surface area is 158 Å². The number of aliphatic hydroxyl groups excluding tert-OH is 2. The van der Waals surface area contributed by atoms with E-state index in [2.05, 4.69) is 15.0 Å². The molecule has 0 saturated carbocycles. The highest BCUT2D eigenvalue weighted by molar-refractivity contribution is 7.51. The molecule has 2 unspecified atom stereocenters. The number of fused-ring (bicyclic) bond motifs is 1. The van der Waals surface area contributed by atoms with E-state index in [0.29, 0.717) is 11.2 Å². The zero-order chi connectivity index (χ0) is 20.5. The molecule has 154 valence electrons. The number of esters is 1. The molecule has 1 saturated heterocycles. The fraction of sp³-hybridized carbons (Fsp3) is 0.571. The number of hydrogen-bond acceptors (Lipinski definition) is 10. The molecule has 6 N–H and O–H groups in total. The van der Waals surface area contributed by atoms with Gasteiger partial charge in [0, 0.05) is 6.42 Å². The SMILES string of the molecule is Nc1ncnc2c1ncn2[C@@H]1O[C@H](COC(=O)CCCP(=O)(O)O)C(O)C1O. The second-order valence-electron chi connectivity index (χ2n) is 6.30. The van der Waals surface area contributed by atoms with Gasteiger partial charge in [0.25, 0.3) is 0 Å². The van der Waals surface area contributed by atoms with Crippen LogP contribution in [0.1, 0.15) is 19.1 Å². The molecule has 4 atom stereocenters. The molecule has 0 amide bonds. The molecule has 14 heteroatoms. The Balaban J connectivity index is 1.60. The van der Waals surface area contributed by atoms with E-state index in [4.69, 9.17) is 25.0 Å². The number of nitrogens with zero attached hydrogens (tertiary/aromatic N) is 4. The number of ether oxygens (including phenoxy) is 2. The van der Waals surface area contributed by atoms with E-state index in [-0.39, 0.29) is 25.3 Å². The standard InChI is InChI=1S/C14H20N5O8P/c15-12-9-13(17-5-16-12)19(6-18-9)14-11(22)10(21)7(27-14)4-26-8(20)2-1-3-28(23,24)25/h5-7,10-11,14,21-22H,1-4H2,(H2,15,16,17)(H2,23,24,25)/t7-,10?,11?,14-/m1/s1. The van der Waals surface area contributed by atoms with Crippen molar-refractivity contribution in [2.45, 2.75) is 37.4 Å². The Kier molecular flexibility index (Phi) is 5.93. The van der Waals surface area contributed by atoms with E-state index >= 15 is 0 Å². The summed E-state index contributed by atoms with van der Waals surface area (Å²) in [5, 5.41) is 20.5. The van der Waals surface area contributed by atoms with Crippen LogP contribution in [0.4, 0.5) is 5.82 Å². The summed E-state index contributed by atoms with van der Waals surface area (Å²) in [6.45, 7) is -0.340. The smallest absolute Gasteiger partial charge is 0.325 e. The monoisotopic (exact) mass is 417 g/mol. The molecule has 0 spiro atoms. The van der Waals surface area contributed by atoms with Crippen LogP contribution < -0.4 is 5.73 Å². The third-order valence-corrected chi connectivity index (χ3v) is 5.14. The molecule has 0 bridgehead atoms. The predicted octanol–water partition coefficient (Wildman–Crippen LogP) is -1.47. The highest BCUT2D eigenvalue weighted by Crippen LogP contribution is 2.35. The van der Waals surface area contributed by atoms with Gasteiger partial charge in [-0.05, 0) is 6.42 Å². The van der Waals surface area contributed by atoms with Gasteiger partial charge < -0.3 is 35.2 Å². The molecular weight excluding hydrogens is 397 g/mol. The molecule has 13 nitrogen and oxygen atoms in total. The normalized spacial score (nSPS) is 25.3. The van der Waals surface area contributed by atoms with Gasteiger partial charge in [-0.3, -0.25) is 13.9 Å². The Bertz CT molecular complexity index is 901. The van der Waals surface area contributed by atoms with Crippen LogP contribution in [0.5, 0.6) is 0 Å². The molecule has 1 aliphatic heterocycles. The number of nitrogen functional groups attached to an aromatic ring is 1. The van der Waals surface area contributed by atoms with E-state index < -0.39 is 44.3 Å². The maximum Gasteiger partial charge on any atom is 0.325 e. The van der Waals surface area contributed by atoms with Gasteiger partial charge in [-0.2, -0.15) is 0 Å². The lowest BCUT2D eigenvalue weighted by Gasteiger charge is -2.16.